The Morgan fingerprint density at radius 1 is 1.36 bits per heavy atom. The third kappa shape index (κ3) is 3.57. The number of ether oxygens (including phenoxy) is 1. The van der Waals surface area contributed by atoms with Crippen LogP contribution < -0.4 is 5.32 Å². The maximum Gasteiger partial charge on any atom is 0.253 e. The number of hydrogen-bond acceptors (Lipinski definition) is 6. The standard InChI is InChI=1S/C20H23N5O2S/c1-12(2)23-19(26)14-9-17(25(13(14)3)18-5-4-8-27-18)16-11-28-20(24-16)15-10-21-6-7-22-15/h6-7,9-12,18H,4-5,8H2,1-3H3,(H,23,26). The van der Waals surface area contributed by atoms with Crippen LogP contribution in [0.4, 0.5) is 0 Å². The van der Waals surface area contributed by atoms with Gasteiger partial charge in [-0.2, -0.15) is 0 Å². The van der Waals surface area contributed by atoms with E-state index in [0.29, 0.717) is 5.56 Å². The molecule has 4 rings (SSSR count). The number of amides is 1. The lowest BCUT2D eigenvalue weighted by molar-refractivity contribution is 0.0565. The number of rotatable bonds is 5. The molecule has 1 amide bonds. The van der Waals surface area contributed by atoms with Gasteiger partial charge in [0.25, 0.3) is 5.91 Å². The molecule has 0 spiro atoms. The van der Waals surface area contributed by atoms with Crippen LogP contribution in [0.15, 0.2) is 30.0 Å². The minimum Gasteiger partial charge on any atom is -0.358 e. The van der Waals surface area contributed by atoms with Crippen molar-refractivity contribution in [2.45, 2.75) is 45.9 Å². The van der Waals surface area contributed by atoms with E-state index >= 15 is 0 Å². The van der Waals surface area contributed by atoms with Crippen LogP contribution >= 0.6 is 11.3 Å². The smallest absolute Gasteiger partial charge is 0.253 e. The highest BCUT2D eigenvalue weighted by Gasteiger charge is 2.27. The van der Waals surface area contributed by atoms with Crippen molar-refractivity contribution in [3.05, 3.63) is 41.3 Å². The summed E-state index contributed by atoms with van der Waals surface area (Å²) in [7, 11) is 0. The number of nitrogens with zero attached hydrogens (tertiary/aromatic N) is 4. The minimum atomic E-state index is -0.0742. The van der Waals surface area contributed by atoms with Crippen molar-refractivity contribution in [1.82, 2.24) is 24.8 Å². The van der Waals surface area contributed by atoms with Gasteiger partial charge >= 0.3 is 0 Å². The minimum absolute atomic E-state index is 0.0720. The molecule has 146 valence electrons. The van der Waals surface area contributed by atoms with Crippen LogP contribution in [0.3, 0.4) is 0 Å². The van der Waals surface area contributed by atoms with Crippen molar-refractivity contribution in [2.24, 2.45) is 0 Å². The van der Waals surface area contributed by atoms with Crippen LogP contribution in [0, 0.1) is 6.92 Å². The molecule has 1 unspecified atom stereocenters. The summed E-state index contributed by atoms with van der Waals surface area (Å²) < 4.78 is 8.04. The van der Waals surface area contributed by atoms with E-state index in [1.165, 1.54) is 11.3 Å². The van der Waals surface area contributed by atoms with E-state index in [-0.39, 0.29) is 18.2 Å². The fraction of sp³-hybridized carbons (Fsp3) is 0.400. The second-order valence-corrected chi connectivity index (χ2v) is 7.98. The molecule has 3 aromatic heterocycles. The quantitative estimate of drug-likeness (QED) is 0.708. The third-order valence-corrected chi connectivity index (χ3v) is 5.56. The van der Waals surface area contributed by atoms with Gasteiger partial charge in [-0.15, -0.1) is 11.3 Å². The van der Waals surface area contributed by atoms with Crippen LogP contribution in [0.25, 0.3) is 22.1 Å². The van der Waals surface area contributed by atoms with Gasteiger partial charge in [-0.25, -0.2) is 4.98 Å². The average molecular weight is 398 g/mol. The number of thiazole rings is 1. The second-order valence-electron chi connectivity index (χ2n) is 7.12. The topological polar surface area (TPSA) is 81.9 Å². The lowest BCUT2D eigenvalue weighted by Gasteiger charge is -2.18. The maximum atomic E-state index is 12.7. The van der Waals surface area contributed by atoms with Gasteiger partial charge in [0.2, 0.25) is 0 Å². The van der Waals surface area contributed by atoms with Crippen molar-refractivity contribution in [2.75, 3.05) is 6.61 Å². The predicted molar refractivity (Wildman–Crippen MR) is 108 cm³/mol. The lowest BCUT2D eigenvalue weighted by atomic mass is 10.2. The molecule has 1 aliphatic rings. The van der Waals surface area contributed by atoms with Crippen LogP contribution in [-0.4, -0.2) is 38.1 Å². The molecule has 1 fully saturated rings. The van der Waals surface area contributed by atoms with E-state index in [1.54, 1.807) is 18.6 Å². The van der Waals surface area contributed by atoms with Gasteiger partial charge in [-0.3, -0.25) is 14.8 Å². The van der Waals surface area contributed by atoms with Gasteiger partial charge in [0.15, 0.2) is 0 Å². The van der Waals surface area contributed by atoms with E-state index in [1.807, 2.05) is 32.2 Å². The van der Waals surface area contributed by atoms with Crippen LogP contribution in [0.2, 0.25) is 0 Å². The SMILES string of the molecule is Cc1c(C(=O)NC(C)C)cc(-c2csc(-c3cnccn3)n2)n1C1CCCO1. The molecule has 0 aromatic carbocycles. The van der Waals surface area contributed by atoms with Crippen LogP contribution in [0.5, 0.6) is 0 Å². The van der Waals surface area contributed by atoms with Crippen LogP contribution in [0.1, 0.15) is 49.0 Å². The molecule has 3 aromatic rings. The zero-order chi connectivity index (χ0) is 19.7. The van der Waals surface area contributed by atoms with Crippen molar-refractivity contribution >= 4 is 17.2 Å². The molecule has 1 aliphatic heterocycles. The summed E-state index contributed by atoms with van der Waals surface area (Å²) in [6.07, 6.45) is 6.87. The molecule has 1 atom stereocenters. The second kappa shape index (κ2) is 7.81. The van der Waals surface area contributed by atoms with E-state index in [9.17, 15) is 4.79 Å². The van der Waals surface area contributed by atoms with E-state index in [4.69, 9.17) is 9.72 Å². The molecular weight excluding hydrogens is 374 g/mol. The van der Waals surface area contributed by atoms with Crippen LogP contribution in [-0.2, 0) is 4.74 Å². The Morgan fingerprint density at radius 3 is 2.89 bits per heavy atom. The van der Waals surface area contributed by atoms with Gasteiger partial charge in [-0.05, 0) is 39.7 Å². The van der Waals surface area contributed by atoms with Gasteiger partial charge in [0, 0.05) is 36.1 Å². The molecule has 7 nitrogen and oxygen atoms in total. The first-order valence-electron chi connectivity index (χ1n) is 9.41. The number of hydrogen-bond donors (Lipinski definition) is 1. The molecule has 4 heterocycles. The molecule has 0 saturated carbocycles. The van der Waals surface area contributed by atoms with E-state index < -0.39 is 0 Å². The normalized spacial score (nSPS) is 16.6. The summed E-state index contributed by atoms with van der Waals surface area (Å²) in [6, 6.07) is 1.99. The fourth-order valence-electron chi connectivity index (χ4n) is 3.44. The molecule has 0 radical (unpaired) electrons. The van der Waals surface area contributed by atoms with Crippen molar-refractivity contribution in [1.29, 1.82) is 0 Å². The molecule has 0 aliphatic carbocycles. The third-order valence-electron chi connectivity index (χ3n) is 4.70. The van der Waals surface area contributed by atoms with Gasteiger partial charge < -0.3 is 14.6 Å². The molecule has 1 N–H and O–H groups in total. The Morgan fingerprint density at radius 2 is 2.21 bits per heavy atom. The van der Waals surface area contributed by atoms with Gasteiger partial charge in [0.1, 0.15) is 16.9 Å². The predicted octanol–water partition coefficient (Wildman–Crippen LogP) is 3.82. The summed E-state index contributed by atoms with van der Waals surface area (Å²) in [5.74, 6) is -0.0742. The Labute approximate surface area is 167 Å². The highest BCUT2D eigenvalue weighted by Crippen LogP contribution is 2.35. The average Bonchev–Trinajstić information content (AvgIpc) is 3.41. The summed E-state index contributed by atoms with van der Waals surface area (Å²) in [4.78, 5) is 25.9. The Balaban J connectivity index is 1.77. The summed E-state index contributed by atoms with van der Waals surface area (Å²) in [5.41, 5.74) is 4.00. The Bertz CT molecular complexity index is 974. The molecular formula is C20H23N5O2S. The lowest BCUT2D eigenvalue weighted by Crippen LogP contribution is -2.30. The highest BCUT2D eigenvalue weighted by molar-refractivity contribution is 7.13. The first kappa shape index (κ1) is 18.8. The zero-order valence-electron chi connectivity index (χ0n) is 16.2. The van der Waals surface area contributed by atoms with Crippen molar-refractivity contribution in [3.8, 4) is 22.1 Å². The Hall–Kier alpha value is -2.58. The molecule has 28 heavy (non-hydrogen) atoms. The highest BCUT2D eigenvalue weighted by atomic mass is 32.1. The van der Waals surface area contributed by atoms with Crippen molar-refractivity contribution in [3.63, 3.8) is 0 Å². The summed E-state index contributed by atoms with van der Waals surface area (Å²) in [5, 5.41) is 5.78. The number of aromatic nitrogens is 4. The number of carbonyl (C=O) groups is 1. The fourth-order valence-corrected chi connectivity index (χ4v) is 4.22. The first-order chi connectivity index (χ1) is 13.5. The number of nitrogens with one attached hydrogen (secondary N) is 1. The molecule has 0 bridgehead atoms. The molecule has 8 heteroatoms. The largest absolute Gasteiger partial charge is 0.358 e. The van der Waals surface area contributed by atoms with E-state index in [2.05, 4.69) is 19.9 Å². The monoisotopic (exact) mass is 397 g/mol. The zero-order valence-corrected chi connectivity index (χ0v) is 17.0. The summed E-state index contributed by atoms with van der Waals surface area (Å²) >= 11 is 1.51. The number of carbonyl (C=O) groups excluding carboxylic acids is 1. The maximum absolute atomic E-state index is 12.7. The van der Waals surface area contributed by atoms with Crippen molar-refractivity contribution < 1.29 is 9.53 Å². The molecule has 1 saturated heterocycles. The van der Waals surface area contributed by atoms with E-state index in [0.717, 1.165) is 47.2 Å². The van der Waals surface area contributed by atoms with Gasteiger partial charge in [-0.1, -0.05) is 0 Å². The summed E-state index contributed by atoms with van der Waals surface area (Å²) in [6.45, 7) is 6.62. The Kier molecular flexibility index (Phi) is 5.23. The van der Waals surface area contributed by atoms with Gasteiger partial charge in [0.05, 0.1) is 23.1 Å². The first-order valence-corrected chi connectivity index (χ1v) is 10.3.